The summed E-state index contributed by atoms with van der Waals surface area (Å²) in [7, 11) is 1.58. The number of ether oxygens (including phenoxy) is 2. The van der Waals surface area contributed by atoms with Crippen LogP contribution in [-0.2, 0) is 6.61 Å². The molecule has 31 heavy (non-hydrogen) atoms. The van der Waals surface area contributed by atoms with E-state index in [1.165, 1.54) is 23.7 Å². The molecule has 0 saturated heterocycles. The van der Waals surface area contributed by atoms with E-state index < -0.39 is 0 Å². The molecule has 4 rings (SSSR count). The van der Waals surface area contributed by atoms with Gasteiger partial charge < -0.3 is 18.9 Å². The normalized spacial score (nSPS) is 12.2. The number of methoxy groups -OCH3 is 1. The van der Waals surface area contributed by atoms with Gasteiger partial charge in [0.2, 0.25) is 5.78 Å². The van der Waals surface area contributed by atoms with Crippen molar-refractivity contribution in [3.63, 3.8) is 0 Å². The lowest BCUT2D eigenvalue weighted by Crippen LogP contribution is -2.20. The fourth-order valence-corrected chi connectivity index (χ4v) is 3.80. The minimum atomic E-state index is -0.310. The fraction of sp³-hybridized carbons (Fsp3) is 0.0833. The lowest BCUT2D eigenvalue weighted by atomic mass is 10.2. The molecule has 2 aromatic carbocycles. The molecule has 0 fully saturated rings. The number of Topliss-reactive ketones (excluding diaryl/α,β-unsaturated/α-hetero) is 1. The second kappa shape index (κ2) is 9.32. The van der Waals surface area contributed by atoms with Crippen LogP contribution in [0.4, 0.5) is 0 Å². The standard InChI is InChI=1S/C24H19NO5S/c1-28-20-10-9-17(12-21(20)30-15-16-6-3-2-4-7-16)13-22-24(27)25-23(31-22)14-18(26)19-8-5-11-29-19/h2-14H,15H2,1H3,(H,25,27). The summed E-state index contributed by atoms with van der Waals surface area (Å²) in [6, 6.07) is 18.5. The molecule has 0 aliphatic carbocycles. The third kappa shape index (κ3) is 5.02. The number of H-pyrrole nitrogens is 1. The highest BCUT2D eigenvalue weighted by molar-refractivity contribution is 7.07. The maximum absolute atomic E-state index is 12.3. The van der Waals surface area contributed by atoms with Crippen molar-refractivity contribution >= 4 is 29.3 Å². The van der Waals surface area contributed by atoms with Gasteiger partial charge in [-0.3, -0.25) is 9.59 Å². The Labute approximate surface area is 181 Å². The number of benzene rings is 2. The van der Waals surface area contributed by atoms with Gasteiger partial charge in [-0.25, -0.2) is 0 Å². The molecule has 0 amide bonds. The Bertz CT molecular complexity index is 1350. The minimum absolute atomic E-state index is 0.218. The summed E-state index contributed by atoms with van der Waals surface area (Å²) < 4.78 is 17.3. The van der Waals surface area contributed by atoms with Crippen LogP contribution >= 0.6 is 11.3 Å². The number of aromatic nitrogens is 1. The Balaban J connectivity index is 1.62. The molecule has 7 heteroatoms. The van der Waals surface area contributed by atoms with E-state index in [9.17, 15) is 9.59 Å². The fourth-order valence-electron chi connectivity index (χ4n) is 2.92. The number of aromatic amines is 1. The molecule has 0 aliphatic rings. The zero-order chi connectivity index (χ0) is 21.6. The Kier molecular flexibility index (Phi) is 6.14. The Morgan fingerprint density at radius 3 is 2.68 bits per heavy atom. The summed E-state index contributed by atoms with van der Waals surface area (Å²) in [6.07, 6.45) is 4.52. The van der Waals surface area contributed by atoms with Crippen LogP contribution in [0.2, 0.25) is 0 Å². The molecule has 0 saturated carbocycles. The largest absolute Gasteiger partial charge is 0.493 e. The van der Waals surface area contributed by atoms with Crippen molar-refractivity contribution in [2.45, 2.75) is 6.61 Å². The van der Waals surface area contributed by atoms with Crippen molar-refractivity contribution in [2.24, 2.45) is 0 Å². The smallest absolute Gasteiger partial charge is 0.266 e. The zero-order valence-corrected chi connectivity index (χ0v) is 17.5. The molecule has 0 bridgehead atoms. The number of hydrogen-bond donors (Lipinski definition) is 1. The van der Waals surface area contributed by atoms with E-state index in [4.69, 9.17) is 13.9 Å². The molecule has 0 atom stereocenters. The highest BCUT2D eigenvalue weighted by Gasteiger charge is 2.08. The number of rotatable bonds is 7. The SMILES string of the molecule is COc1ccc(C=c2sc(=CC(=O)c3ccco3)[nH]c2=O)cc1OCc1ccccc1. The van der Waals surface area contributed by atoms with Gasteiger partial charge in [-0.2, -0.15) is 0 Å². The Hall–Kier alpha value is -3.84. The molecule has 0 spiro atoms. The summed E-state index contributed by atoms with van der Waals surface area (Å²) >= 11 is 1.19. The predicted molar refractivity (Wildman–Crippen MR) is 119 cm³/mol. The lowest BCUT2D eigenvalue weighted by molar-refractivity contribution is 0.103. The molecule has 156 valence electrons. The van der Waals surface area contributed by atoms with Crippen LogP contribution in [0.5, 0.6) is 11.5 Å². The van der Waals surface area contributed by atoms with Crippen molar-refractivity contribution in [3.05, 3.63) is 103 Å². The van der Waals surface area contributed by atoms with Crippen molar-refractivity contribution in [2.75, 3.05) is 7.11 Å². The van der Waals surface area contributed by atoms with Crippen molar-refractivity contribution in [3.8, 4) is 11.5 Å². The van der Waals surface area contributed by atoms with Crippen molar-refractivity contribution in [1.29, 1.82) is 0 Å². The lowest BCUT2D eigenvalue weighted by Gasteiger charge is -2.11. The molecule has 4 aromatic rings. The van der Waals surface area contributed by atoms with E-state index >= 15 is 0 Å². The van der Waals surface area contributed by atoms with Crippen molar-refractivity contribution < 1.29 is 18.7 Å². The summed E-state index contributed by atoms with van der Waals surface area (Å²) in [5.74, 6) is 1.09. The first-order chi connectivity index (χ1) is 15.1. The van der Waals surface area contributed by atoms with Gasteiger partial charge in [0.1, 0.15) is 6.61 Å². The van der Waals surface area contributed by atoms with E-state index in [2.05, 4.69) is 4.98 Å². The van der Waals surface area contributed by atoms with Gasteiger partial charge >= 0.3 is 0 Å². The topological polar surface area (TPSA) is 81.5 Å². The summed E-state index contributed by atoms with van der Waals surface area (Å²) in [6.45, 7) is 0.397. The first-order valence-corrected chi connectivity index (χ1v) is 10.3. The van der Waals surface area contributed by atoms with Gasteiger partial charge in [0.05, 0.1) is 22.6 Å². The number of ketones is 1. The highest BCUT2D eigenvalue weighted by Crippen LogP contribution is 2.29. The first kappa shape index (κ1) is 20.4. The zero-order valence-electron chi connectivity index (χ0n) is 16.7. The third-order valence-corrected chi connectivity index (χ3v) is 5.39. The van der Waals surface area contributed by atoms with Crippen LogP contribution in [0.25, 0.3) is 12.2 Å². The van der Waals surface area contributed by atoms with Crippen LogP contribution < -0.4 is 24.2 Å². The van der Waals surface area contributed by atoms with E-state index in [1.54, 1.807) is 31.4 Å². The van der Waals surface area contributed by atoms with Crippen LogP contribution in [0.1, 0.15) is 21.7 Å². The van der Waals surface area contributed by atoms with Gasteiger partial charge in [-0.05, 0) is 41.5 Å². The molecular formula is C24H19NO5S. The number of hydrogen-bond acceptors (Lipinski definition) is 6. The molecular weight excluding hydrogens is 414 g/mol. The maximum atomic E-state index is 12.3. The Morgan fingerprint density at radius 2 is 1.94 bits per heavy atom. The Morgan fingerprint density at radius 1 is 1.10 bits per heavy atom. The van der Waals surface area contributed by atoms with E-state index in [0.717, 1.165) is 11.1 Å². The van der Waals surface area contributed by atoms with Crippen LogP contribution in [0.15, 0.2) is 76.1 Å². The second-order valence-electron chi connectivity index (χ2n) is 6.60. The quantitative estimate of drug-likeness (QED) is 0.453. The summed E-state index contributed by atoms with van der Waals surface area (Å²) in [4.78, 5) is 27.2. The van der Waals surface area contributed by atoms with E-state index in [-0.39, 0.29) is 17.1 Å². The summed E-state index contributed by atoms with van der Waals surface area (Å²) in [5, 5.41) is 0. The maximum Gasteiger partial charge on any atom is 0.266 e. The van der Waals surface area contributed by atoms with E-state index in [0.29, 0.717) is 27.3 Å². The predicted octanol–water partition coefficient (Wildman–Crippen LogP) is 3.11. The molecule has 6 nitrogen and oxygen atoms in total. The minimum Gasteiger partial charge on any atom is -0.493 e. The molecule has 2 heterocycles. The van der Waals surface area contributed by atoms with Gasteiger partial charge in [0.15, 0.2) is 17.3 Å². The van der Waals surface area contributed by atoms with Gasteiger partial charge in [-0.1, -0.05) is 36.4 Å². The first-order valence-electron chi connectivity index (χ1n) is 9.47. The average molecular weight is 433 g/mol. The van der Waals surface area contributed by atoms with Crippen molar-refractivity contribution in [1.82, 2.24) is 4.98 Å². The summed E-state index contributed by atoms with van der Waals surface area (Å²) in [5.41, 5.74) is 1.54. The van der Waals surface area contributed by atoms with Gasteiger partial charge in [0.25, 0.3) is 5.56 Å². The molecule has 1 N–H and O–H groups in total. The molecule has 0 radical (unpaired) electrons. The van der Waals surface area contributed by atoms with Crippen LogP contribution in [0.3, 0.4) is 0 Å². The van der Waals surface area contributed by atoms with Gasteiger partial charge in [-0.15, -0.1) is 11.3 Å². The monoisotopic (exact) mass is 433 g/mol. The average Bonchev–Trinajstić information content (AvgIpc) is 3.44. The third-order valence-electron chi connectivity index (χ3n) is 4.43. The molecule has 0 unspecified atom stereocenters. The number of carbonyl (C=O) groups is 1. The van der Waals surface area contributed by atoms with Gasteiger partial charge in [0, 0.05) is 6.08 Å². The van der Waals surface area contributed by atoms with Crippen LogP contribution in [0, 0.1) is 0 Å². The number of thiazole rings is 1. The number of nitrogens with one attached hydrogen (secondary N) is 1. The number of furan rings is 1. The highest BCUT2D eigenvalue weighted by atomic mass is 32.1. The van der Waals surface area contributed by atoms with Crippen LogP contribution in [-0.4, -0.2) is 17.9 Å². The van der Waals surface area contributed by atoms with E-state index in [1.807, 2.05) is 42.5 Å². The second-order valence-corrected chi connectivity index (χ2v) is 7.68. The molecule has 2 aromatic heterocycles. The molecule has 0 aliphatic heterocycles. The number of carbonyl (C=O) groups excluding carboxylic acids is 1.